The van der Waals surface area contributed by atoms with Gasteiger partial charge in [0.15, 0.2) is 0 Å². The summed E-state index contributed by atoms with van der Waals surface area (Å²) in [6, 6.07) is 10.6. The van der Waals surface area contributed by atoms with Crippen LogP contribution in [-0.2, 0) is 16.0 Å². The molecule has 0 saturated carbocycles. The second-order valence-electron chi connectivity index (χ2n) is 8.19. The number of carbonyl (C=O) groups excluding carboxylic acids is 1. The number of esters is 1. The van der Waals surface area contributed by atoms with E-state index >= 15 is 0 Å². The summed E-state index contributed by atoms with van der Waals surface area (Å²) in [4.78, 5) is 27.5. The Balaban J connectivity index is 1.75. The summed E-state index contributed by atoms with van der Waals surface area (Å²) in [5, 5.41) is 9.61. The molecular formula is C26H29NO4S. The number of hydrogen-bond donors (Lipinski definition) is 1. The number of nitrogens with zero attached hydrogens (tertiary/aromatic N) is 1. The third-order valence-corrected chi connectivity index (χ3v) is 7.41. The molecule has 1 atom stereocenters. The Hall–Kier alpha value is -2.86. The Morgan fingerprint density at radius 2 is 2.00 bits per heavy atom. The number of piperidine rings is 1. The van der Waals surface area contributed by atoms with Gasteiger partial charge in [-0.3, -0.25) is 4.79 Å². The molecule has 5 nitrogen and oxygen atoms in total. The third-order valence-electron chi connectivity index (χ3n) is 6.25. The van der Waals surface area contributed by atoms with Gasteiger partial charge in [0.25, 0.3) is 0 Å². The molecule has 0 bridgehead atoms. The molecule has 1 amide bonds. The molecule has 0 spiro atoms. The minimum absolute atomic E-state index is 0.00232. The van der Waals surface area contributed by atoms with E-state index in [2.05, 4.69) is 49.4 Å². The lowest BCUT2D eigenvalue weighted by atomic mass is 9.84. The van der Waals surface area contributed by atoms with E-state index in [1.54, 1.807) is 16.2 Å². The fourth-order valence-corrected chi connectivity index (χ4v) is 5.77. The first-order valence-electron chi connectivity index (χ1n) is 11.3. The normalized spacial score (nSPS) is 19.8. The van der Waals surface area contributed by atoms with Gasteiger partial charge in [-0.1, -0.05) is 42.8 Å². The monoisotopic (exact) mass is 451 g/mol. The fraction of sp³-hybridized carbons (Fsp3) is 0.385. The molecule has 2 heterocycles. The maximum absolute atomic E-state index is 11.9. The summed E-state index contributed by atoms with van der Waals surface area (Å²) in [6.45, 7) is 4.81. The Morgan fingerprint density at radius 1 is 1.19 bits per heavy atom. The maximum atomic E-state index is 11.9. The number of ether oxygens (including phenoxy) is 1. The van der Waals surface area contributed by atoms with Crippen molar-refractivity contribution < 1.29 is 19.4 Å². The maximum Gasteiger partial charge on any atom is 0.407 e. The van der Waals surface area contributed by atoms with Crippen molar-refractivity contribution in [2.45, 2.75) is 52.0 Å². The smallest absolute Gasteiger partial charge is 0.407 e. The fourth-order valence-electron chi connectivity index (χ4n) is 4.70. The number of benzene rings is 1. The minimum atomic E-state index is -0.832. The van der Waals surface area contributed by atoms with Gasteiger partial charge in [0, 0.05) is 27.9 Å². The van der Waals surface area contributed by atoms with E-state index in [1.165, 1.54) is 37.6 Å². The Morgan fingerprint density at radius 3 is 2.75 bits per heavy atom. The number of carboxylic acid groups (broad SMARTS) is 1. The van der Waals surface area contributed by atoms with Crippen LogP contribution in [0.1, 0.15) is 66.0 Å². The molecule has 1 unspecified atom stereocenters. The van der Waals surface area contributed by atoms with Gasteiger partial charge in [-0.2, -0.15) is 0 Å². The van der Waals surface area contributed by atoms with Gasteiger partial charge in [0.2, 0.25) is 0 Å². The predicted octanol–water partition coefficient (Wildman–Crippen LogP) is 6.08. The van der Waals surface area contributed by atoms with Crippen LogP contribution < -0.4 is 0 Å². The van der Waals surface area contributed by atoms with Crippen LogP contribution in [0.5, 0.6) is 0 Å². The van der Waals surface area contributed by atoms with E-state index in [9.17, 15) is 14.7 Å². The molecule has 1 aromatic heterocycles. The zero-order valence-electron chi connectivity index (χ0n) is 18.6. The van der Waals surface area contributed by atoms with Crippen LogP contribution in [0.3, 0.4) is 0 Å². The standard InChI is InChI=1S/C26H29NO4S/c1-3-19-15-18(13-14-27(19)26(29)30)25-21-8-6-5-7-17(21)9-11-23-22(25)16-20(32-23)10-12-24(28)31-4-2/h5-9,11,16,19H,3-4,10,12-15H2,1-2H3,(H,29,30). The zero-order valence-corrected chi connectivity index (χ0v) is 19.4. The largest absolute Gasteiger partial charge is 0.466 e. The lowest BCUT2D eigenvalue weighted by Gasteiger charge is -2.35. The van der Waals surface area contributed by atoms with Gasteiger partial charge in [0.05, 0.1) is 13.0 Å². The van der Waals surface area contributed by atoms with Crippen molar-refractivity contribution in [3.63, 3.8) is 0 Å². The lowest BCUT2D eigenvalue weighted by molar-refractivity contribution is -0.143. The van der Waals surface area contributed by atoms with Crippen molar-refractivity contribution in [2.75, 3.05) is 13.2 Å². The van der Waals surface area contributed by atoms with E-state index in [0.29, 0.717) is 26.0 Å². The summed E-state index contributed by atoms with van der Waals surface area (Å²) in [6.07, 6.45) is 6.83. The first-order valence-corrected chi connectivity index (χ1v) is 12.1. The van der Waals surface area contributed by atoms with Crippen LogP contribution in [0.4, 0.5) is 4.79 Å². The van der Waals surface area contributed by atoms with Gasteiger partial charge >= 0.3 is 12.1 Å². The molecule has 1 fully saturated rings. The van der Waals surface area contributed by atoms with E-state index in [4.69, 9.17) is 4.74 Å². The SMILES string of the molecule is CCOC(=O)CCc1cc2c(s1)C=Cc1ccccc1C2=C1CCN(C(=O)O)C(CC)C1. The van der Waals surface area contributed by atoms with Crippen molar-refractivity contribution in [1.82, 2.24) is 4.90 Å². The summed E-state index contributed by atoms with van der Waals surface area (Å²) >= 11 is 1.73. The topological polar surface area (TPSA) is 66.8 Å². The number of amides is 1. The molecule has 6 heteroatoms. The summed E-state index contributed by atoms with van der Waals surface area (Å²) in [7, 11) is 0. The number of fused-ring (bicyclic) bond motifs is 2. The molecule has 1 aliphatic carbocycles. The number of carbonyl (C=O) groups is 2. The molecule has 32 heavy (non-hydrogen) atoms. The Bertz CT molecular complexity index is 1080. The molecule has 0 radical (unpaired) electrons. The number of rotatable bonds is 5. The predicted molar refractivity (Wildman–Crippen MR) is 129 cm³/mol. The highest BCUT2D eigenvalue weighted by atomic mass is 32.1. The van der Waals surface area contributed by atoms with Crippen molar-refractivity contribution in [2.24, 2.45) is 0 Å². The lowest BCUT2D eigenvalue weighted by Crippen LogP contribution is -2.43. The van der Waals surface area contributed by atoms with Gasteiger partial charge in [0.1, 0.15) is 0 Å². The summed E-state index contributed by atoms with van der Waals surface area (Å²) < 4.78 is 5.09. The van der Waals surface area contributed by atoms with Crippen molar-refractivity contribution in [3.05, 3.63) is 62.3 Å². The van der Waals surface area contributed by atoms with Crippen LogP contribution in [0, 0.1) is 0 Å². The average Bonchev–Trinajstić information content (AvgIpc) is 3.13. The van der Waals surface area contributed by atoms with Crippen molar-refractivity contribution >= 4 is 41.1 Å². The van der Waals surface area contributed by atoms with Gasteiger partial charge in [-0.15, -0.1) is 11.3 Å². The molecule has 2 aliphatic rings. The van der Waals surface area contributed by atoms with Crippen LogP contribution in [0.2, 0.25) is 0 Å². The van der Waals surface area contributed by atoms with E-state index in [-0.39, 0.29) is 12.0 Å². The third kappa shape index (κ3) is 4.51. The van der Waals surface area contributed by atoms with Gasteiger partial charge in [-0.05, 0) is 61.4 Å². The van der Waals surface area contributed by atoms with E-state index in [1.807, 2.05) is 6.92 Å². The van der Waals surface area contributed by atoms with Crippen molar-refractivity contribution in [3.8, 4) is 0 Å². The molecule has 1 aromatic carbocycles. The molecule has 1 saturated heterocycles. The van der Waals surface area contributed by atoms with Crippen LogP contribution in [0.15, 0.2) is 35.9 Å². The minimum Gasteiger partial charge on any atom is -0.466 e. The Kier molecular flexibility index (Phi) is 6.80. The molecule has 1 aliphatic heterocycles. The molecule has 4 rings (SSSR count). The zero-order chi connectivity index (χ0) is 22.7. The second-order valence-corrected chi connectivity index (χ2v) is 9.36. The van der Waals surface area contributed by atoms with E-state index in [0.717, 1.165) is 19.3 Å². The van der Waals surface area contributed by atoms with Gasteiger partial charge in [-0.25, -0.2) is 4.79 Å². The molecule has 1 N–H and O–H groups in total. The average molecular weight is 452 g/mol. The highest BCUT2D eigenvalue weighted by molar-refractivity contribution is 7.13. The highest BCUT2D eigenvalue weighted by Crippen LogP contribution is 2.43. The molecule has 168 valence electrons. The summed E-state index contributed by atoms with van der Waals surface area (Å²) in [5.41, 5.74) is 6.14. The number of likely N-dealkylation sites (tertiary alicyclic amines) is 1. The molecular weight excluding hydrogens is 422 g/mol. The quantitative estimate of drug-likeness (QED) is 0.477. The van der Waals surface area contributed by atoms with Crippen LogP contribution >= 0.6 is 11.3 Å². The first-order chi connectivity index (χ1) is 15.5. The van der Waals surface area contributed by atoms with Crippen LogP contribution in [-0.4, -0.2) is 41.3 Å². The second kappa shape index (κ2) is 9.74. The summed E-state index contributed by atoms with van der Waals surface area (Å²) in [5.74, 6) is -0.164. The van der Waals surface area contributed by atoms with Crippen LogP contribution in [0.25, 0.3) is 17.7 Å². The van der Waals surface area contributed by atoms with E-state index < -0.39 is 6.09 Å². The number of aryl methyl sites for hydroxylation is 1. The number of thiophene rings is 1. The Labute approximate surface area is 193 Å². The van der Waals surface area contributed by atoms with Crippen molar-refractivity contribution in [1.29, 1.82) is 0 Å². The molecule has 2 aromatic rings. The van der Waals surface area contributed by atoms with Gasteiger partial charge < -0.3 is 14.7 Å². The highest BCUT2D eigenvalue weighted by Gasteiger charge is 2.31. The number of hydrogen-bond acceptors (Lipinski definition) is 4. The first kappa shape index (κ1) is 22.3.